The van der Waals surface area contributed by atoms with Gasteiger partial charge in [0.15, 0.2) is 0 Å². The molecule has 1 atom stereocenters. The lowest BCUT2D eigenvalue weighted by Crippen LogP contribution is -2.44. The number of sulfonamides is 1. The van der Waals surface area contributed by atoms with Gasteiger partial charge in [-0.1, -0.05) is 32.0 Å². The van der Waals surface area contributed by atoms with Crippen molar-refractivity contribution in [2.24, 2.45) is 0 Å². The molecule has 1 aromatic rings. The molecule has 5 heteroatoms. The number of rotatable bonds is 4. The molecule has 0 aliphatic carbocycles. The van der Waals surface area contributed by atoms with Crippen LogP contribution in [0.15, 0.2) is 24.3 Å². The molecular formula is C14H21NO3S. The number of fused-ring (bicyclic) bond motifs is 1. The molecule has 1 aliphatic rings. The van der Waals surface area contributed by atoms with Gasteiger partial charge in [0.1, 0.15) is 11.4 Å². The lowest BCUT2D eigenvalue weighted by atomic mass is 9.84. The Labute approximate surface area is 115 Å². The zero-order chi connectivity index (χ0) is 14.1. The molecule has 4 nitrogen and oxygen atoms in total. The largest absolute Gasteiger partial charge is 0.487 e. The van der Waals surface area contributed by atoms with Crippen LogP contribution in [0.3, 0.4) is 0 Å². The fourth-order valence-electron chi connectivity index (χ4n) is 2.66. The van der Waals surface area contributed by atoms with E-state index in [0.717, 1.165) is 24.2 Å². The summed E-state index contributed by atoms with van der Waals surface area (Å²) in [5, 5.41) is 0. The van der Waals surface area contributed by atoms with Crippen LogP contribution in [0.2, 0.25) is 0 Å². The summed E-state index contributed by atoms with van der Waals surface area (Å²) in [4.78, 5) is 0. The van der Waals surface area contributed by atoms with Crippen molar-refractivity contribution in [1.29, 1.82) is 0 Å². The third kappa shape index (κ3) is 3.09. The zero-order valence-corrected chi connectivity index (χ0v) is 12.5. The maximum Gasteiger partial charge on any atom is 0.209 e. The second kappa shape index (κ2) is 5.13. The number of para-hydroxylation sites is 1. The summed E-state index contributed by atoms with van der Waals surface area (Å²) < 4.78 is 31.9. The first-order valence-electron chi connectivity index (χ1n) is 6.64. The third-order valence-electron chi connectivity index (χ3n) is 3.84. The molecule has 1 unspecified atom stereocenters. The highest BCUT2D eigenvalue weighted by atomic mass is 32.2. The summed E-state index contributed by atoms with van der Waals surface area (Å²) in [5.41, 5.74) is 0.641. The van der Waals surface area contributed by atoms with E-state index in [1.165, 1.54) is 6.26 Å². The van der Waals surface area contributed by atoms with E-state index in [1.807, 2.05) is 24.3 Å². The molecule has 0 saturated heterocycles. The van der Waals surface area contributed by atoms with Crippen LogP contribution in [0.5, 0.6) is 5.75 Å². The standard InChI is InChI=1S/C14H21NO3S/c1-4-14(5-2)10-12(15-19(3,16)17)11-8-6-7-9-13(11)18-14/h6-9,12,15H,4-5,10H2,1-3H3. The smallest absolute Gasteiger partial charge is 0.209 e. The van der Waals surface area contributed by atoms with Crippen LogP contribution < -0.4 is 9.46 Å². The Morgan fingerprint density at radius 2 is 1.95 bits per heavy atom. The summed E-state index contributed by atoms with van der Waals surface area (Å²) in [6.07, 6.45) is 3.59. The van der Waals surface area contributed by atoms with E-state index in [1.54, 1.807) is 0 Å². The van der Waals surface area contributed by atoms with Crippen LogP contribution in [0, 0.1) is 0 Å². The summed E-state index contributed by atoms with van der Waals surface area (Å²) >= 11 is 0. The monoisotopic (exact) mass is 283 g/mol. The third-order valence-corrected chi connectivity index (χ3v) is 4.55. The van der Waals surface area contributed by atoms with E-state index in [0.29, 0.717) is 6.42 Å². The summed E-state index contributed by atoms with van der Waals surface area (Å²) in [6.45, 7) is 4.16. The van der Waals surface area contributed by atoms with E-state index in [9.17, 15) is 8.42 Å². The molecule has 0 radical (unpaired) electrons. The van der Waals surface area contributed by atoms with Gasteiger partial charge in [0.25, 0.3) is 0 Å². The fraction of sp³-hybridized carbons (Fsp3) is 0.571. The second-order valence-corrected chi connectivity index (χ2v) is 6.96. The summed E-state index contributed by atoms with van der Waals surface area (Å²) in [7, 11) is -3.24. The lowest BCUT2D eigenvalue weighted by molar-refractivity contribution is 0.0261. The average molecular weight is 283 g/mol. The summed E-state index contributed by atoms with van der Waals surface area (Å²) in [6, 6.07) is 7.45. The topological polar surface area (TPSA) is 55.4 Å². The maximum absolute atomic E-state index is 11.5. The minimum atomic E-state index is -3.24. The van der Waals surface area contributed by atoms with Gasteiger partial charge in [0.2, 0.25) is 10.0 Å². The van der Waals surface area contributed by atoms with Gasteiger partial charge in [0, 0.05) is 12.0 Å². The van der Waals surface area contributed by atoms with Crippen molar-refractivity contribution in [3.63, 3.8) is 0 Å². The van der Waals surface area contributed by atoms with Gasteiger partial charge in [-0.3, -0.25) is 0 Å². The van der Waals surface area contributed by atoms with E-state index in [2.05, 4.69) is 18.6 Å². The number of benzene rings is 1. The first-order valence-corrected chi connectivity index (χ1v) is 8.53. The number of nitrogens with one attached hydrogen (secondary N) is 1. The van der Waals surface area contributed by atoms with Crippen LogP contribution in [0.1, 0.15) is 44.7 Å². The first-order chi connectivity index (χ1) is 8.89. The first kappa shape index (κ1) is 14.3. The SMILES string of the molecule is CCC1(CC)CC(NS(C)(=O)=O)c2ccccc2O1. The van der Waals surface area contributed by atoms with Crippen molar-refractivity contribution in [3.05, 3.63) is 29.8 Å². The molecule has 0 aromatic heterocycles. The van der Waals surface area contributed by atoms with Crippen molar-refractivity contribution >= 4 is 10.0 Å². The van der Waals surface area contributed by atoms with Crippen molar-refractivity contribution in [3.8, 4) is 5.75 Å². The Hall–Kier alpha value is -1.07. The van der Waals surface area contributed by atoms with Crippen LogP contribution in [-0.4, -0.2) is 20.3 Å². The molecule has 1 N–H and O–H groups in total. The van der Waals surface area contributed by atoms with Crippen molar-refractivity contribution < 1.29 is 13.2 Å². The van der Waals surface area contributed by atoms with Crippen molar-refractivity contribution in [2.75, 3.05) is 6.26 Å². The quantitative estimate of drug-likeness (QED) is 0.924. The van der Waals surface area contributed by atoms with Crippen LogP contribution in [0.4, 0.5) is 0 Å². The van der Waals surface area contributed by atoms with Gasteiger partial charge in [-0.15, -0.1) is 0 Å². The fourth-order valence-corrected chi connectivity index (χ4v) is 3.39. The zero-order valence-electron chi connectivity index (χ0n) is 11.6. The molecule has 19 heavy (non-hydrogen) atoms. The molecule has 2 rings (SSSR count). The second-order valence-electron chi connectivity index (χ2n) is 5.18. The van der Waals surface area contributed by atoms with Crippen molar-refractivity contribution in [1.82, 2.24) is 4.72 Å². The predicted octanol–water partition coefficient (Wildman–Crippen LogP) is 2.62. The highest BCUT2D eigenvalue weighted by Crippen LogP contribution is 2.42. The minimum Gasteiger partial charge on any atom is -0.487 e. The number of ether oxygens (including phenoxy) is 1. The molecule has 106 valence electrons. The number of hydrogen-bond acceptors (Lipinski definition) is 3. The van der Waals surface area contributed by atoms with Gasteiger partial charge in [-0.05, 0) is 18.9 Å². The van der Waals surface area contributed by atoms with E-state index in [4.69, 9.17) is 4.74 Å². The molecule has 1 heterocycles. The Bertz CT molecular complexity index is 550. The molecule has 1 aliphatic heterocycles. The minimum absolute atomic E-state index is 0.208. The van der Waals surface area contributed by atoms with Gasteiger partial charge >= 0.3 is 0 Å². The van der Waals surface area contributed by atoms with E-state index >= 15 is 0 Å². The molecule has 1 aromatic carbocycles. The Morgan fingerprint density at radius 3 is 2.53 bits per heavy atom. The van der Waals surface area contributed by atoms with E-state index < -0.39 is 10.0 Å². The van der Waals surface area contributed by atoms with E-state index in [-0.39, 0.29) is 11.6 Å². The maximum atomic E-state index is 11.5. The molecule has 0 amide bonds. The number of hydrogen-bond donors (Lipinski definition) is 1. The van der Waals surface area contributed by atoms with Gasteiger partial charge < -0.3 is 4.74 Å². The Morgan fingerprint density at radius 1 is 1.32 bits per heavy atom. The average Bonchev–Trinajstić information content (AvgIpc) is 2.36. The Balaban J connectivity index is 2.42. The summed E-state index contributed by atoms with van der Waals surface area (Å²) in [5.74, 6) is 0.790. The predicted molar refractivity (Wildman–Crippen MR) is 75.7 cm³/mol. The van der Waals surface area contributed by atoms with Gasteiger partial charge in [-0.25, -0.2) is 13.1 Å². The highest BCUT2D eigenvalue weighted by molar-refractivity contribution is 7.88. The molecule has 0 bridgehead atoms. The normalized spacial score (nSPS) is 21.5. The van der Waals surface area contributed by atoms with Gasteiger partial charge in [-0.2, -0.15) is 0 Å². The molecular weight excluding hydrogens is 262 g/mol. The molecule has 0 spiro atoms. The lowest BCUT2D eigenvalue weighted by Gasteiger charge is -2.41. The van der Waals surface area contributed by atoms with Crippen molar-refractivity contribution in [2.45, 2.75) is 44.8 Å². The highest BCUT2D eigenvalue weighted by Gasteiger charge is 2.39. The van der Waals surface area contributed by atoms with Crippen LogP contribution in [0.25, 0.3) is 0 Å². The van der Waals surface area contributed by atoms with Gasteiger partial charge in [0.05, 0.1) is 12.3 Å². The molecule has 0 fully saturated rings. The van der Waals surface area contributed by atoms with Crippen LogP contribution in [-0.2, 0) is 10.0 Å². The Kier molecular flexibility index (Phi) is 3.87. The molecule has 0 saturated carbocycles. The van der Waals surface area contributed by atoms with Crippen LogP contribution >= 0.6 is 0 Å².